The number of carbonyl (C=O) groups is 1. The topological polar surface area (TPSA) is 29.1 Å². The molecule has 0 aliphatic heterocycles. The largest absolute Gasteiger partial charge is 0.325 e. The number of thioether (sulfide) groups is 1. The van der Waals surface area contributed by atoms with Crippen molar-refractivity contribution in [3.63, 3.8) is 0 Å². The molecule has 0 saturated heterocycles. The summed E-state index contributed by atoms with van der Waals surface area (Å²) < 4.78 is 0. The number of benzene rings is 2. The average Bonchev–Trinajstić information content (AvgIpc) is 2.41. The molecular formula is C15H13Cl2NOS. The molecule has 2 aromatic rings. The first-order valence-electron chi connectivity index (χ1n) is 6.02. The van der Waals surface area contributed by atoms with Crippen LogP contribution in [0.25, 0.3) is 0 Å². The molecule has 0 aliphatic carbocycles. The lowest BCUT2D eigenvalue weighted by Crippen LogP contribution is -2.14. The zero-order chi connectivity index (χ0) is 14.4. The third kappa shape index (κ3) is 4.75. The van der Waals surface area contributed by atoms with Crippen LogP contribution in [0.3, 0.4) is 0 Å². The van der Waals surface area contributed by atoms with Crippen molar-refractivity contribution in [1.29, 1.82) is 0 Å². The van der Waals surface area contributed by atoms with E-state index in [9.17, 15) is 4.79 Å². The van der Waals surface area contributed by atoms with E-state index in [1.807, 2.05) is 30.3 Å². The van der Waals surface area contributed by atoms with E-state index in [0.29, 0.717) is 22.2 Å². The molecule has 0 saturated carbocycles. The molecule has 1 amide bonds. The highest BCUT2D eigenvalue weighted by molar-refractivity contribution is 7.99. The van der Waals surface area contributed by atoms with E-state index in [0.717, 1.165) is 10.6 Å². The number of halogens is 2. The lowest BCUT2D eigenvalue weighted by molar-refractivity contribution is -0.113. The Balaban J connectivity index is 1.80. The van der Waals surface area contributed by atoms with E-state index in [-0.39, 0.29) is 5.91 Å². The molecule has 0 aromatic heterocycles. The maximum atomic E-state index is 11.8. The van der Waals surface area contributed by atoms with Gasteiger partial charge in [-0.3, -0.25) is 4.79 Å². The van der Waals surface area contributed by atoms with Gasteiger partial charge in [-0.1, -0.05) is 47.5 Å². The first-order valence-corrected chi connectivity index (χ1v) is 7.93. The van der Waals surface area contributed by atoms with Gasteiger partial charge in [0, 0.05) is 21.5 Å². The normalized spacial score (nSPS) is 10.3. The monoisotopic (exact) mass is 325 g/mol. The van der Waals surface area contributed by atoms with Crippen LogP contribution in [0.1, 0.15) is 5.56 Å². The highest BCUT2D eigenvalue weighted by atomic mass is 35.5. The van der Waals surface area contributed by atoms with Crippen LogP contribution < -0.4 is 5.32 Å². The Morgan fingerprint density at radius 1 is 1.10 bits per heavy atom. The first kappa shape index (κ1) is 15.2. The fraction of sp³-hybridized carbons (Fsp3) is 0.133. The summed E-state index contributed by atoms with van der Waals surface area (Å²) in [5.41, 5.74) is 1.75. The van der Waals surface area contributed by atoms with Crippen molar-refractivity contribution in [1.82, 2.24) is 0 Å². The summed E-state index contributed by atoms with van der Waals surface area (Å²) in [5.74, 6) is 1.03. The summed E-state index contributed by atoms with van der Waals surface area (Å²) in [5, 5.41) is 4.14. The second-order valence-electron chi connectivity index (χ2n) is 4.14. The summed E-state index contributed by atoms with van der Waals surface area (Å²) in [6, 6.07) is 14.7. The highest BCUT2D eigenvalue weighted by Crippen LogP contribution is 2.21. The van der Waals surface area contributed by atoms with Gasteiger partial charge < -0.3 is 5.32 Å². The maximum absolute atomic E-state index is 11.8. The molecule has 0 aliphatic rings. The smallest absolute Gasteiger partial charge is 0.234 e. The van der Waals surface area contributed by atoms with Crippen LogP contribution in [0.5, 0.6) is 0 Å². The molecule has 0 atom stereocenters. The van der Waals surface area contributed by atoms with Gasteiger partial charge in [-0.05, 0) is 29.8 Å². The number of hydrogen-bond donors (Lipinski definition) is 1. The zero-order valence-corrected chi connectivity index (χ0v) is 12.9. The third-order valence-corrected chi connectivity index (χ3v) is 4.14. The zero-order valence-electron chi connectivity index (χ0n) is 10.6. The SMILES string of the molecule is O=C(CSCc1ccccc1Cl)Nc1cccc(Cl)c1. The average molecular weight is 326 g/mol. The Hall–Kier alpha value is -1.16. The van der Waals surface area contributed by atoms with Crippen molar-refractivity contribution < 1.29 is 4.79 Å². The Morgan fingerprint density at radius 3 is 2.65 bits per heavy atom. The van der Waals surface area contributed by atoms with Gasteiger partial charge in [0.25, 0.3) is 0 Å². The standard InChI is InChI=1S/C15H13Cl2NOS/c16-12-5-3-6-13(8-12)18-15(19)10-20-9-11-4-1-2-7-14(11)17/h1-8H,9-10H2,(H,18,19). The quantitative estimate of drug-likeness (QED) is 0.850. The van der Waals surface area contributed by atoms with Gasteiger partial charge in [-0.25, -0.2) is 0 Å². The van der Waals surface area contributed by atoms with Gasteiger partial charge in [-0.15, -0.1) is 11.8 Å². The Bertz CT molecular complexity index is 604. The lowest BCUT2D eigenvalue weighted by atomic mass is 10.2. The molecule has 0 heterocycles. The second-order valence-corrected chi connectivity index (χ2v) is 5.97. The van der Waals surface area contributed by atoms with Crippen molar-refractivity contribution in [3.8, 4) is 0 Å². The summed E-state index contributed by atoms with van der Waals surface area (Å²) in [6.45, 7) is 0. The highest BCUT2D eigenvalue weighted by Gasteiger charge is 2.05. The molecule has 0 bridgehead atoms. The van der Waals surface area contributed by atoms with E-state index < -0.39 is 0 Å². The fourth-order valence-corrected chi connectivity index (χ4v) is 2.94. The van der Waals surface area contributed by atoms with Crippen molar-refractivity contribution in [2.45, 2.75) is 5.75 Å². The molecule has 5 heteroatoms. The Kier molecular flexibility index (Phi) is 5.77. The molecular weight excluding hydrogens is 313 g/mol. The molecule has 1 N–H and O–H groups in total. The molecule has 104 valence electrons. The van der Waals surface area contributed by atoms with Crippen molar-refractivity contribution in [2.24, 2.45) is 0 Å². The van der Waals surface area contributed by atoms with Crippen LogP contribution in [0.15, 0.2) is 48.5 Å². The fourth-order valence-electron chi connectivity index (χ4n) is 1.63. The maximum Gasteiger partial charge on any atom is 0.234 e. The van der Waals surface area contributed by atoms with E-state index >= 15 is 0 Å². The molecule has 0 unspecified atom stereocenters. The minimum absolute atomic E-state index is 0.0516. The molecule has 0 spiro atoms. The van der Waals surface area contributed by atoms with Crippen molar-refractivity contribution in [3.05, 3.63) is 64.1 Å². The summed E-state index contributed by atoms with van der Waals surface area (Å²) in [4.78, 5) is 11.8. The number of nitrogens with one attached hydrogen (secondary N) is 1. The molecule has 20 heavy (non-hydrogen) atoms. The summed E-state index contributed by atoms with van der Waals surface area (Å²) in [6.07, 6.45) is 0. The van der Waals surface area contributed by atoms with Gasteiger partial charge in [0.2, 0.25) is 5.91 Å². The summed E-state index contributed by atoms with van der Waals surface area (Å²) in [7, 11) is 0. The summed E-state index contributed by atoms with van der Waals surface area (Å²) >= 11 is 13.4. The van der Waals surface area contributed by atoms with Gasteiger partial charge in [0.05, 0.1) is 5.75 Å². The van der Waals surface area contributed by atoms with Gasteiger partial charge in [0.15, 0.2) is 0 Å². The Morgan fingerprint density at radius 2 is 1.90 bits per heavy atom. The van der Waals surface area contributed by atoms with Crippen LogP contribution >= 0.6 is 35.0 Å². The lowest BCUT2D eigenvalue weighted by Gasteiger charge is -2.06. The predicted molar refractivity (Wildman–Crippen MR) is 87.7 cm³/mol. The molecule has 2 aromatic carbocycles. The third-order valence-electron chi connectivity index (χ3n) is 2.56. The Labute approximate surface area is 132 Å². The van der Waals surface area contributed by atoms with Crippen molar-refractivity contribution >= 4 is 46.6 Å². The number of anilines is 1. The minimum atomic E-state index is -0.0516. The molecule has 0 radical (unpaired) electrons. The van der Waals surface area contributed by atoms with Gasteiger partial charge >= 0.3 is 0 Å². The van der Waals surface area contributed by atoms with Gasteiger partial charge in [0.1, 0.15) is 0 Å². The predicted octanol–water partition coefficient (Wildman–Crippen LogP) is 4.87. The first-order chi connectivity index (χ1) is 9.65. The van der Waals surface area contributed by atoms with E-state index in [2.05, 4.69) is 5.32 Å². The van der Waals surface area contributed by atoms with Crippen LogP contribution in [0.2, 0.25) is 10.0 Å². The minimum Gasteiger partial charge on any atom is -0.325 e. The van der Waals surface area contributed by atoms with E-state index in [1.165, 1.54) is 11.8 Å². The molecule has 0 fully saturated rings. The molecule has 2 rings (SSSR count). The number of amides is 1. The number of carbonyl (C=O) groups excluding carboxylic acids is 1. The van der Waals surface area contributed by atoms with Crippen LogP contribution in [0, 0.1) is 0 Å². The van der Waals surface area contributed by atoms with Crippen LogP contribution in [-0.2, 0) is 10.5 Å². The number of hydrogen-bond acceptors (Lipinski definition) is 2. The van der Waals surface area contributed by atoms with Crippen molar-refractivity contribution in [2.75, 3.05) is 11.1 Å². The van der Waals surface area contributed by atoms with E-state index in [4.69, 9.17) is 23.2 Å². The van der Waals surface area contributed by atoms with Gasteiger partial charge in [-0.2, -0.15) is 0 Å². The van der Waals surface area contributed by atoms with Crippen LogP contribution in [-0.4, -0.2) is 11.7 Å². The number of rotatable bonds is 5. The van der Waals surface area contributed by atoms with Crippen LogP contribution in [0.4, 0.5) is 5.69 Å². The second kappa shape index (κ2) is 7.58. The molecule has 2 nitrogen and oxygen atoms in total. The van der Waals surface area contributed by atoms with E-state index in [1.54, 1.807) is 18.2 Å².